The molecule has 0 bridgehead atoms. The molecule has 0 aromatic heterocycles. The van der Waals surface area contributed by atoms with Crippen molar-refractivity contribution in [1.82, 2.24) is 0 Å². The molecule has 5 heteroatoms. The number of ether oxygens (including phenoxy) is 1. The number of hydrogen-bond acceptors (Lipinski definition) is 3. The van der Waals surface area contributed by atoms with Gasteiger partial charge in [0, 0.05) is 9.13 Å². The Morgan fingerprint density at radius 2 is 1.70 bits per heavy atom. The Labute approximate surface area is 135 Å². The van der Waals surface area contributed by atoms with Crippen LogP contribution in [-0.2, 0) is 4.74 Å². The fourth-order valence-electron chi connectivity index (χ4n) is 1.55. The number of ketones is 1. The Bertz CT molecular complexity index is 638. The fraction of sp³-hybridized carbons (Fsp3) is 0.0667. The van der Waals surface area contributed by atoms with Gasteiger partial charge in [-0.2, -0.15) is 0 Å². The molecule has 0 heterocycles. The molecule has 0 radical (unpaired) electrons. The molecule has 0 unspecified atom stereocenters. The summed E-state index contributed by atoms with van der Waals surface area (Å²) in [6, 6.07) is 13.6. The lowest BCUT2D eigenvalue weighted by Crippen LogP contribution is -2.14. The van der Waals surface area contributed by atoms with Crippen LogP contribution < -0.4 is 0 Å². The van der Waals surface area contributed by atoms with E-state index in [-0.39, 0.29) is 18.0 Å². The van der Waals surface area contributed by atoms with Crippen LogP contribution in [0.5, 0.6) is 0 Å². The van der Waals surface area contributed by atoms with E-state index >= 15 is 0 Å². The lowest BCUT2D eigenvalue weighted by Gasteiger charge is -2.05. The van der Waals surface area contributed by atoms with E-state index in [2.05, 4.69) is 22.6 Å². The molecule has 0 aliphatic carbocycles. The SMILES string of the molecule is O=C(COC(=O)c1ccccc1Cl)c1ccc(I)cc1. The van der Waals surface area contributed by atoms with Gasteiger partial charge in [-0.15, -0.1) is 0 Å². The lowest BCUT2D eigenvalue weighted by atomic mass is 10.1. The molecule has 102 valence electrons. The molecule has 3 nitrogen and oxygen atoms in total. The molecule has 0 aliphatic rings. The molecule has 0 fully saturated rings. The highest BCUT2D eigenvalue weighted by Crippen LogP contribution is 2.16. The smallest absolute Gasteiger partial charge is 0.340 e. The van der Waals surface area contributed by atoms with Gasteiger partial charge < -0.3 is 4.74 Å². The van der Waals surface area contributed by atoms with Crippen molar-refractivity contribution < 1.29 is 14.3 Å². The third-order valence-corrected chi connectivity index (χ3v) is 3.64. The van der Waals surface area contributed by atoms with E-state index in [0.717, 1.165) is 3.57 Å². The summed E-state index contributed by atoms with van der Waals surface area (Å²) in [6.07, 6.45) is 0. The monoisotopic (exact) mass is 400 g/mol. The number of benzene rings is 2. The zero-order valence-electron chi connectivity index (χ0n) is 10.3. The van der Waals surface area contributed by atoms with Crippen molar-refractivity contribution in [2.45, 2.75) is 0 Å². The van der Waals surface area contributed by atoms with Gasteiger partial charge in [0.1, 0.15) is 0 Å². The minimum absolute atomic E-state index is 0.248. The average Bonchev–Trinajstić information content (AvgIpc) is 2.45. The van der Waals surface area contributed by atoms with E-state index in [4.69, 9.17) is 16.3 Å². The summed E-state index contributed by atoms with van der Waals surface area (Å²) in [5.41, 5.74) is 0.766. The second-order valence-electron chi connectivity index (χ2n) is 3.99. The molecule has 0 saturated carbocycles. The zero-order chi connectivity index (χ0) is 14.5. The number of esters is 1. The molecular weight excluding hydrogens is 391 g/mol. The van der Waals surface area contributed by atoms with Crippen LogP contribution in [0.4, 0.5) is 0 Å². The summed E-state index contributed by atoms with van der Waals surface area (Å²) in [4.78, 5) is 23.7. The highest BCUT2D eigenvalue weighted by molar-refractivity contribution is 14.1. The molecule has 0 N–H and O–H groups in total. The van der Waals surface area contributed by atoms with E-state index in [1.807, 2.05) is 12.1 Å². The number of halogens is 2. The van der Waals surface area contributed by atoms with Gasteiger partial charge in [-0.3, -0.25) is 4.79 Å². The molecule has 2 aromatic carbocycles. The van der Waals surface area contributed by atoms with Crippen LogP contribution >= 0.6 is 34.2 Å². The summed E-state index contributed by atoms with van der Waals surface area (Å²) in [5.74, 6) is -0.851. The van der Waals surface area contributed by atoms with Gasteiger partial charge in [0.15, 0.2) is 12.4 Å². The Kier molecular flexibility index (Phi) is 5.14. The normalized spacial score (nSPS) is 10.1. The van der Waals surface area contributed by atoms with Crippen molar-refractivity contribution in [3.8, 4) is 0 Å². The van der Waals surface area contributed by atoms with Crippen molar-refractivity contribution in [3.63, 3.8) is 0 Å². The van der Waals surface area contributed by atoms with Crippen LogP contribution in [0.25, 0.3) is 0 Å². The molecule has 20 heavy (non-hydrogen) atoms. The van der Waals surface area contributed by atoms with Crippen LogP contribution in [0.1, 0.15) is 20.7 Å². The quantitative estimate of drug-likeness (QED) is 0.443. The van der Waals surface area contributed by atoms with Gasteiger partial charge in [0.25, 0.3) is 0 Å². The number of rotatable bonds is 4. The standard InChI is InChI=1S/C15H10ClIO3/c16-13-4-2-1-3-12(13)15(19)20-9-14(18)10-5-7-11(17)8-6-10/h1-8H,9H2. The van der Waals surface area contributed by atoms with Gasteiger partial charge >= 0.3 is 5.97 Å². The van der Waals surface area contributed by atoms with Gasteiger partial charge in [0.2, 0.25) is 0 Å². The highest BCUT2D eigenvalue weighted by Gasteiger charge is 2.14. The number of hydrogen-bond donors (Lipinski definition) is 0. The molecule has 0 spiro atoms. The van der Waals surface area contributed by atoms with Crippen molar-refractivity contribution in [3.05, 3.63) is 68.3 Å². The van der Waals surface area contributed by atoms with Crippen LogP contribution in [0.3, 0.4) is 0 Å². The summed E-state index contributed by atoms with van der Waals surface area (Å²) < 4.78 is 6.02. The molecule has 2 aromatic rings. The van der Waals surface area contributed by atoms with Crippen LogP contribution in [0.2, 0.25) is 5.02 Å². The molecule has 0 aliphatic heterocycles. The maximum Gasteiger partial charge on any atom is 0.340 e. The topological polar surface area (TPSA) is 43.4 Å². The predicted octanol–water partition coefficient (Wildman–Crippen LogP) is 3.98. The maximum atomic E-state index is 11.9. The van der Waals surface area contributed by atoms with Crippen molar-refractivity contribution in [2.24, 2.45) is 0 Å². The van der Waals surface area contributed by atoms with Crippen molar-refractivity contribution >= 4 is 45.9 Å². The number of carbonyl (C=O) groups excluding carboxylic acids is 2. The fourth-order valence-corrected chi connectivity index (χ4v) is 2.13. The van der Waals surface area contributed by atoms with E-state index in [1.165, 1.54) is 0 Å². The van der Waals surface area contributed by atoms with Crippen molar-refractivity contribution in [1.29, 1.82) is 0 Å². The third kappa shape index (κ3) is 3.80. The molecule has 2 rings (SSSR count). The molecule has 0 saturated heterocycles. The molecular formula is C15H10ClIO3. The minimum atomic E-state index is -0.602. The summed E-state index contributed by atoms with van der Waals surface area (Å²) in [7, 11) is 0. The number of Topliss-reactive ketones (excluding diaryl/α,β-unsaturated/α-hetero) is 1. The second kappa shape index (κ2) is 6.85. The third-order valence-electron chi connectivity index (χ3n) is 2.59. The van der Waals surface area contributed by atoms with Crippen LogP contribution in [0, 0.1) is 3.57 Å². The minimum Gasteiger partial charge on any atom is -0.454 e. The van der Waals surface area contributed by atoms with Gasteiger partial charge in [-0.05, 0) is 46.9 Å². The van der Waals surface area contributed by atoms with Crippen LogP contribution in [0.15, 0.2) is 48.5 Å². The molecule has 0 atom stereocenters. The Morgan fingerprint density at radius 3 is 2.35 bits per heavy atom. The Hall–Kier alpha value is -1.40. The first-order chi connectivity index (χ1) is 9.58. The largest absolute Gasteiger partial charge is 0.454 e. The second-order valence-corrected chi connectivity index (χ2v) is 5.64. The van der Waals surface area contributed by atoms with E-state index in [1.54, 1.807) is 36.4 Å². The van der Waals surface area contributed by atoms with Gasteiger partial charge in [-0.25, -0.2) is 4.79 Å². The summed E-state index contributed by atoms with van der Waals surface area (Å²) in [5, 5.41) is 0.305. The van der Waals surface area contributed by atoms with Gasteiger partial charge in [0.05, 0.1) is 10.6 Å². The van der Waals surface area contributed by atoms with Crippen LogP contribution in [-0.4, -0.2) is 18.4 Å². The van der Waals surface area contributed by atoms with E-state index in [9.17, 15) is 9.59 Å². The van der Waals surface area contributed by atoms with Gasteiger partial charge in [-0.1, -0.05) is 35.9 Å². The molecule has 0 amide bonds. The number of carbonyl (C=O) groups is 2. The highest BCUT2D eigenvalue weighted by atomic mass is 127. The average molecular weight is 401 g/mol. The van der Waals surface area contributed by atoms with E-state index in [0.29, 0.717) is 10.6 Å². The van der Waals surface area contributed by atoms with E-state index < -0.39 is 5.97 Å². The summed E-state index contributed by atoms with van der Waals surface area (Å²) >= 11 is 8.03. The summed E-state index contributed by atoms with van der Waals surface area (Å²) in [6.45, 7) is -0.301. The van der Waals surface area contributed by atoms with Crippen molar-refractivity contribution in [2.75, 3.05) is 6.61 Å². The maximum absolute atomic E-state index is 11.9. The predicted molar refractivity (Wildman–Crippen MR) is 85.2 cm³/mol. The Balaban J connectivity index is 1.99. The first-order valence-electron chi connectivity index (χ1n) is 5.78. The first-order valence-corrected chi connectivity index (χ1v) is 7.24. The Morgan fingerprint density at radius 1 is 1.05 bits per heavy atom. The first kappa shape index (κ1) is 15.0. The lowest BCUT2D eigenvalue weighted by molar-refractivity contribution is 0.0475. The zero-order valence-corrected chi connectivity index (χ0v) is 13.2.